The van der Waals surface area contributed by atoms with Gasteiger partial charge in [0, 0.05) is 5.69 Å². The monoisotopic (exact) mass is 333 g/mol. The SMILES string of the molecule is O=C1OC(CNC(=S)Nc2ccccc2)CN1c1cccs1. The van der Waals surface area contributed by atoms with Gasteiger partial charge in [-0.25, -0.2) is 4.79 Å². The van der Waals surface area contributed by atoms with Crippen LogP contribution in [0.25, 0.3) is 0 Å². The summed E-state index contributed by atoms with van der Waals surface area (Å²) in [7, 11) is 0. The second-order valence-electron chi connectivity index (χ2n) is 4.77. The number of anilines is 2. The number of hydrogen-bond acceptors (Lipinski definition) is 4. The smallest absolute Gasteiger partial charge is 0.415 e. The fourth-order valence-electron chi connectivity index (χ4n) is 2.13. The van der Waals surface area contributed by atoms with Gasteiger partial charge < -0.3 is 15.4 Å². The van der Waals surface area contributed by atoms with E-state index in [0.29, 0.717) is 18.2 Å². The molecule has 1 saturated heterocycles. The molecule has 2 N–H and O–H groups in total. The molecule has 22 heavy (non-hydrogen) atoms. The first-order chi connectivity index (χ1) is 10.7. The minimum atomic E-state index is -0.309. The third-order valence-corrected chi connectivity index (χ3v) is 4.31. The maximum atomic E-state index is 11.9. The van der Waals surface area contributed by atoms with Crippen LogP contribution in [0.5, 0.6) is 0 Å². The predicted molar refractivity (Wildman–Crippen MR) is 92.6 cm³/mol. The number of carbonyl (C=O) groups excluding carboxylic acids is 1. The number of thiocarbonyl (C=S) groups is 1. The molecule has 114 valence electrons. The molecule has 0 saturated carbocycles. The number of carbonyl (C=O) groups is 1. The van der Waals surface area contributed by atoms with Crippen molar-refractivity contribution < 1.29 is 9.53 Å². The van der Waals surface area contributed by atoms with Gasteiger partial charge in [0.25, 0.3) is 0 Å². The molecule has 3 rings (SSSR count). The van der Waals surface area contributed by atoms with E-state index in [2.05, 4.69) is 10.6 Å². The van der Waals surface area contributed by atoms with E-state index in [4.69, 9.17) is 17.0 Å². The lowest BCUT2D eigenvalue weighted by molar-refractivity contribution is 0.143. The minimum absolute atomic E-state index is 0.217. The Morgan fingerprint density at radius 2 is 2.14 bits per heavy atom. The van der Waals surface area contributed by atoms with Crippen molar-refractivity contribution in [1.29, 1.82) is 0 Å². The summed E-state index contributed by atoms with van der Waals surface area (Å²) in [6, 6.07) is 13.5. The van der Waals surface area contributed by atoms with Gasteiger partial charge in [-0.2, -0.15) is 0 Å². The Morgan fingerprint density at radius 1 is 1.32 bits per heavy atom. The summed E-state index contributed by atoms with van der Waals surface area (Å²) in [6.45, 7) is 1.01. The van der Waals surface area contributed by atoms with Crippen molar-refractivity contribution in [2.75, 3.05) is 23.3 Å². The van der Waals surface area contributed by atoms with Crippen molar-refractivity contribution in [1.82, 2.24) is 5.32 Å². The Morgan fingerprint density at radius 3 is 2.86 bits per heavy atom. The van der Waals surface area contributed by atoms with Crippen molar-refractivity contribution in [2.45, 2.75) is 6.10 Å². The number of rotatable bonds is 4. The number of para-hydroxylation sites is 1. The van der Waals surface area contributed by atoms with Gasteiger partial charge >= 0.3 is 6.09 Å². The Kier molecular flexibility index (Phi) is 4.55. The summed E-state index contributed by atoms with van der Waals surface area (Å²) >= 11 is 6.75. The molecule has 0 radical (unpaired) electrons. The zero-order chi connectivity index (χ0) is 15.4. The van der Waals surface area contributed by atoms with Crippen molar-refractivity contribution in [3.8, 4) is 0 Å². The number of nitrogens with zero attached hydrogens (tertiary/aromatic N) is 1. The van der Waals surface area contributed by atoms with Crippen LogP contribution in [0.1, 0.15) is 0 Å². The van der Waals surface area contributed by atoms with Crippen LogP contribution in [-0.2, 0) is 4.74 Å². The molecule has 1 aromatic heterocycles. The van der Waals surface area contributed by atoms with Crippen LogP contribution in [0.4, 0.5) is 15.5 Å². The van der Waals surface area contributed by atoms with Crippen LogP contribution in [-0.4, -0.2) is 30.4 Å². The average Bonchev–Trinajstić information content (AvgIpc) is 3.15. The highest BCUT2D eigenvalue weighted by molar-refractivity contribution is 7.80. The topological polar surface area (TPSA) is 53.6 Å². The summed E-state index contributed by atoms with van der Waals surface area (Å²) in [4.78, 5) is 13.5. The summed E-state index contributed by atoms with van der Waals surface area (Å²) in [5, 5.41) is 9.51. The van der Waals surface area contributed by atoms with E-state index in [-0.39, 0.29) is 12.2 Å². The van der Waals surface area contributed by atoms with Gasteiger partial charge in [-0.05, 0) is 41.9 Å². The quantitative estimate of drug-likeness (QED) is 0.842. The van der Waals surface area contributed by atoms with Crippen LogP contribution in [0, 0.1) is 0 Å². The van der Waals surface area contributed by atoms with E-state index < -0.39 is 0 Å². The number of thiophene rings is 1. The molecular weight excluding hydrogens is 318 g/mol. The molecule has 1 unspecified atom stereocenters. The van der Waals surface area contributed by atoms with Gasteiger partial charge in [0.2, 0.25) is 0 Å². The first kappa shape index (κ1) is 14.8. The summed E-state index contributed by atoms with van der Waals surface area (Å²) < 4.78 is 5.34. The van der Waals surface area contributed by atoms with Crippen LogP contribution in [0.3, 0.4) is 0 Å². The summed E-state index contributed by atoms with van der Waals surface area (Å²) in [6.07, 6.45) is -0.527. The van der Waals surface area contributed by atoms with Crippen molar-refractivity contribution in [2.24, 2.45) is 0 Å². The zero-order valence-electron chi connectivity index (χ0n) is 11.7. The second kappa shape index (κ2) is 6.76. The second-order valence-corrected chi connectivity index (χ2v) is 6.10. The van der Waals surface area contributed by atoms with Crippen LogP contribution in [0.15, 0.2) is 47.8 Å². The molecule has 0 aliphatic carbocycles. The molecular formula is C15H15N3O2S2. The normalized spacial score (nSPS) is 17.2. The number of hydrogen-bond donors (Lipinski definition) is 2. The highest BCUT2D eigenvalue weighted by atomic mass is 32.1. The van der Waals surface area contributed by atoms with Crippen LogP contribution in [0.2, 0.25) is 0 Å². The molecule has 2 heterocycles. The molecule has 0 bridgehead atoms. The third kappa shape index (κ3) is 3.55. The summed E-state index contributed by atoms with van der Waals surface area (Å²) in [5.74, 6) is 0. The number of ether oxygens (including phenoxy) is 1. The van der Waals surface area contributed by atoms with Gasteiger partial charge in [-0.15, -0.1) is 11.3 Å². The maximum absolute atomic E-state index is 11.9. The van der Waals surface area contributed by atoms with Crippen molar-refractivity contribution >= 4 is 45.4 Å². The van der Waals surface area contributed by atoms with Gasteiger partial charge in [0.15, 0.2) is 5.11 Å². The van der Waals surface area contributed by atoms with Crippen molar-refractivity contribution in [3.63, 3.8) is 0 Å². The summed E-state index contributed by atoms with van der Waals surface area (Å²) in [5.41, 5.74) is 0.920. The molecule has 1 aliphatic rings. The van der Waals surface area contributed by atoms with Crippen LogP contribution >= 0.6 is 23.6 Å². The number of benzene rings is 1. The first-order valence-electron chi connectivity index (χ1n) is 6.84. The van der Waals surface area contributed by atoms with Gasteiger partial charge in [-0.1, -0.05) is 18.2 Å². The van der Waals surface area contributed by atoms with E-state index >= 15 is 0 Å². The Balaban J connectivity index is 1.48. The Labute approximate surface area is 137 Å². The Bertz CT molecular complexity index is 646. The zero-order valence-corrected chi connectivity index (χ0v) is 13.3. The van der Waals surface area contributed by atoms with Gasteiger partial charge in [-0.3, -0.25) is 4.90 Å². The highest BCUT2D eigenvalue weighted by Crippen LogP contribution is 2.26. The molecule has 0 spiro atoms. The molecule has 1 amide bonds. The minimum Gasteiger partial charge on any atom is -0.442 e. The number of amides is 1. The first-order valence-corrected chi connectivity index (χ1v) is 8.13. The van der Waals surface area contributed by atoms with E-state index in [1.165, 1.54) is 11.3 Å². The molecule has 1 atom stereocenters. The molecule has 1 fully saturated rings. The Hall–Kier alpha value is -2.12. The third-order valence-electron chi connectivity index (χ3n) is 3.17. The maximum Gasteiger partial charge on any atom is 0.415 e. The lowest BCUT2D eigenvalue weighted by Crippen LogP contribution is -2.36. The molecule has 7 heteroatoms. The average molecular weight is 333 g/mol. The fourth-order valence-corrected chi connectivity index (χ4v) is 3.07. The number of nitrogens with one attached hydrogen (secondary N) is 2. The molecule has 5 nitrogen and oxygen atoms in total. The molecule has 1 aromatic carbocycles. The predicted octanol–water partition coefficient (Wildman–Crippen LogP) is 3.06. The lowest BCUT2D eigenvalue weighted by atomic mass is 10.3. The van der Waals surface area contributed by atoms with E-state index in [1.54, 1.807) is 4.90 Å². The van der Waals surface area contributed by atoms with E-state index in [1.807, 2.05) is 47.8 Å². The molecule has 2 aromatic rings. The van der Waals surface area contributed by atoms with Gasteiger partial charge in [0.05, 0.1) is 13.1 Å². The van der Waals surface area contributed by atoms with Crippen LogP contribution < -0.4 is 15.5 Å². The fraction of sp³-hybridized carbons (Fsp3) is 0.200. The van der Waals surface area contributed by atoms with Gasteiger partial charge in [0.1, 0.15) is 11.1 Å². The van der Waals surface area contributed by atoms with Crippen molar-refractivity contribution in [3.05, 3.63) is 47.8 Å². The lowest BCUT2D eigenvalue weighted by Gasteiger charge is -2.13. The standard InChI is InChI=1S/C15H15N3O2S2/c19-15-18(13-7-4-8-22-13)10-12(20-15)9-16-14(21)17-11-5-2-1-3-6-11/h1-8,12H,9-10H2,(H2,16,17,21). The number of cyclic esters (lactones) is 1. The largest absolute Gasteiger partial charge is 0.442 e. The van der Waals surface area contributed by atoms with E-state index in [0.717, 1.165) is 10.7 Å². The highest BCUT2D eigenvalue weighted by Gasteiger charge is 2.32. The molecule has 1 aliphatic heterocycles. The van der Waals surface area contributed by atoms with E-state index in [9.17, 15) is 4.79 Å².